The van der Waals surface area contributed by atoms with Crippen LogP contribution >= 0.6 is 0 Å². The maximum absolute atomic E-state index is 14.0. The highest BCUT2D eigenvalue weighted by molar-refractivity contribution is 6.25. The first-order valence-corrected chi connectivity index (χ1v) is 22.5. The molecule has 19 heteroatoms. The number of para-hydroxylation sites is 1. The van der Waals surface area contributed by atoms with Crippen molar-refractivity contribution in [3.8, 4) is 28.8 Å². The number of benzene rings is 3. The average Bonchev–Trinajstić information content (AvgIpc) is 3.85. The Morgan fingerprint density at radius 1 is 0.985 bits per heavy atom. The first-order chi connectivity index (χ1) is 32.7. The normalized spacial score (nSPS) is 17.5. The molecule has 0 aliphatic carbocycles. The third-order valence-corrected chi connectivity index (χ3v) is 12.6. The molecule has 3 aromatic carbocycles. The lowest BCUT2D eigenvalue weighted by Crippen LogP contribution is -2.54. The molecule has 2 saturated heterocycles. The lowest BCUT2D eigenvalue weighted by molar-refractivity contribution is -0.136. The van der Waals surface area contributed by atoms with Crippen LogP contribution in [-0.4, -0.2) is 121 Å². The summed E-state index contributed by atoms with van der Waals surface area (Å²) in [6, 6.07) is 22.5. The SMILES string of the molecule is CN(CCCCNC(=O)CNc1cccc2c1C(=O)N(C1CCC(=O)NC1=O)C2=O)C(C)(C)/C=C(\C#N)C(=O)N1CCC[C@@H](n2nc(-c3ccc(Oc4ccccc4)cc3)c3c(N)ncnc32)C1. The zero-order chi connectivity index (χ0) is 48.1. The van der Waals surface area contributed by atoms with Gasteiger partial charge in [-0.25, -0.2) is 14.6 Å². The van der Waals surface area contributed by atoms with Crippen molar-refractivity contribution in [1.29, 1.82) is 5.26 Å². The molecule has 3 aliphatic rings. The second-order valence-electron chi connectivity index (χ2n) is 17.6. The average molecular weight is 921 g/mol. The molecule has 2 fully saturated rings. The van der Waals surface area contributed by atoms with E-state index in [-0.39, 0.29) is 59.6 Å². The Hall–Kier alpha value is -7.98. The van der Waals surface area contributed by atoms with Crippen molar-refractivity contribution in [3.63, 3.8) is 0 Å². The van der Waals surface area contributed by atoms with Crippen molar-refractivity contribution in [3.05, 3.63) is 102 Å². The number of nitriles is 1. The molecule has 2 aromatic heterocycles. The minimum Gasteiger partial charge on any atom is -0.457 e. The van der Waals surface area contributed by atoms with Gasteiger partial charge in [0.1, 0.15) is 47.0 Å². The molecule has 0 bridgehead atoms. The van der Waals surface area contributed by atoms with Crippen LogP contribution in [0.3, 0.4) is 0 Å². The number of unbranched alkanes of at least 4 members (excludes halogenated alkanes) is 1. The molecule has 8 rings (SSSR count). The van der Waals surface area contributed by atoms with Crippen LogP contribution in [0.25, 0.3) is 22.3 Å². The molecule has 0 saturated carbocycles. The summed E-state index contributed by atoms with van der Waals surface area (Å²) in [7, 11) is 1.92. The van der Waals surface area contributed by atoms with Crippen molar-refractivity contribution < 1.29 is 33.5 Å². The zero-order valence-corrected chi connectivity index (χ0v) is 38.0. The number of imide groups is 2. The van der Waals surface area contributed by atoms with Crippen LogP contribution in [0.2, 0.25) is 0 Å². The first kappa shape index (κ1) is 46.5. The fraction of sp³-hybridized carbons (Fsp3) is 0.347. The summed E-state index contributed by atoms with van der Waals surface area (Å²) in [5, 5.41) is 23.9. The molecule has 1 unspecified atom stereocenters. The minimum absolute atomic E-state index is 0.0107. The number of carbonyl (C=O) groups is 6. The maximum Gasteiger partial charge on any atom is 0.264 e. The van der Waals surface area contributed by atoms with Crippen LogP contribution in [0.1, 0.15) is 79.1 Å². The number of nitrogens with zero attached hydrogens (tertiary/aromatic N) is 8. The molecule has 5 aromatic rings. The van der Waals surface area contributed by atoms with Gasteiger partial charge in [0.15, 0.2) is 5.65 Å². The maximum atomic E-state index is 14.0. The molecular weight excluding hydrogens is 869 g/mol. The van der Waals surface area contributed by atoms with Gasteiger partial charge in [-0.2, -0.15) is 10.4 Å². The number of amides is 6. The monoisotopic (exact) mass is 920 g/mol. The second-order valence-corrected chi connectivity index (χ2v) is 17.6. The van der Waals surface area contributed by atoms with Crippen molar-refractivity contribution in [1.82, 2.24) is 45.1 Å². The minimum atomic E-state index is -1.10. The molecule has 5 heterocycles. The van der Waals surface area contributed by atoms with Crippen molar-refractivity contribution in [2.24, 2.45) is 0 Å². The third-order valence-electron chi connectivity index (χ3n) is 12.6. The van der Waals surface area contributed by atoms with Crippen LogP contribution in [0.15, 0.2) is 90.8 Å². The predicted octanol–water partition coefficient (Wildman–Crippen LogP) is 4.60. The van der Waals surface area contributed by atoms with Crippen LogP contribution < -0.4 is 26.4 Å². The fourth-order valence-electron chi connectivity index (χ4n) is 8.76. The van der Waals surface area contributed by atoms with Crippen molar-refractivity contribution >= 4 is 58.0 Å². The molecule has 350 valence electrons. The topological polar surface area (TPSA) is 251 Å². The van der Waals surface area contributed by atoms with Crippen molar-refractivity contribution in [2.45, 2.75) is 70.0 Å². The van der Waals surface area contributed by atoms with Gasteiger partial charge in [-0.1, -0.05) is 24.3 Å². The number of carbonyl (C=O) groups excluding carboxylic acids is 6. The first-order valence-electron chi connectivity index (χ1n) is 22.5. The van der Waals surface area contributed by atoms with E-state index in [9.17, 15) is 34.0 Å². The molecule has 68 heavy (non-hydrogen) atoms. The Kier molecular flexibility index (Phi) is 13.6. The number of likely N-dealkylation sites (N-methyl/N-ethyl adjacent to an activating group) is 1. The number of fused-ring (bicyclic) bond motifs is 2. The van der Waals surface area contributed by atoms with E-state index in [1.807, 2.05) is 85.1 Å². The van der Waals surface area contributed by atoms with Crippen LogP contribution in [-0.2, 0) is 19.2 Å². The number of ether oxygens (including phenoxy) is 1. The Bertz CT molecular complexity index is 2850. The Morgan fingerprint density at radius 3 is 2.50 bits per heavy atom. The summed E-state index contributed by atoms with van der Waals surface area (Å²) in [6.07, 6.45) is 5.91. The molecule has 3 aliphatic heterocycles. The highest BCUT2D eigenvalue weighted by Gasteiger charge is 2.45. The van der Waals surface area contributed by atoms with Gasteiger partial charge in [0.25, 0.3) is 17.7 Å². The van der Waals surface area contributed by atoms with Gasteiger partial charge in [-0.3, -0.25) is 43.9 Å². The quantitative estimate of drug-likeness (QED) is 0.0457. The number of nitrogens with one attached hydrogen (secondary N) is 3. The molecule has 5 N–H and O–H groups in total. The van der Waals surface area contributed by atoms with Crippen molar-refractivity contribution in [2.75, 3.05) is 50.8 Å². The smallest absolute Gasteiger partial charge is 0.264 e. The van der Waals surface area contributed by atoms with Gasteiger partial charge in [-0.05, 0) is 114 Å². The number of likely N-dealkylation sites (tertiary alicyclic amines) is 1. The van der Waals surface area contributed by atoms with E-state index in [0.717, 1.165) is 22.6 Å². The number of piperidine rings is 2. The lowest BCUT2D eigenvalue weighted by Gasteiger charge is -2.35. The molecular formula is C49H52N12O7. The standard InChI is InChI=1S/C49H52N12O7/c1-49(2,58(3)23-8-7-22-52-39(63)27-53-36-15-9-14-35-40(36)48(67)60(47(35)66)37-20-21-38(62)56-45(37)64)25-31(26-50)46(65)59-24-10-11-32(28-59)61-44-41(43(51)54-29-55-44)42(57-61)30-16-18-34(19-17-30)68-33-12-5-4-6-13-33/h4-6,9,12-19,25,29,32,37,53H,7-8,10-11,20-24,27-28H2,1-3H3,(H,52,63)(H2,51,54,55)(H,56,62,64)/b31-25+/t32-,37?/m1/s1. The number of aromatic nitrogens is 4. The number of rotatable bonds is 16. The van der Waals surface area contributed by atoms with Gasteiger partial charge in [0.2, 0.25) is 17.7 Å². The Labute approximate surface area is 392 Å². The van der Waals surface area contributed by atoms with Gasteiger partial charge >= 0.3 is 0 Å². The predicted molar refractivity (Wildman–Crippen MR) is 251 cm³/mol. The molecule has 0 radical (unpaired) electrons. The van der Waals surface area contributed by atoms with E-state index in [0.29, 0.717) is 73.7 Å². The summed E-state index contributed by atoms with van der Waals surface area (Å²) in [6.45, 7) is 5.48. The molecule has 2 atom stereocenters. The van der Waals surface area contributed by atoms with E-state index < -0.39 is 35.2 Å². The second kappa shape index (κ2) is 19.9. The summed E-state index contributed by atoms with van der Waals surface area (Å²) in [5.74, 6) is -1.47. The Morgan fingerprint density at radius 2 is 1.75 bits per heavy atom. The zero-order valence-electron chi connectivity index (χ0n) is 38.0. The van der Waals surface area contributed by atoms with E-state index in [4.69, 9.17) is 15.6 Å². The third kappa shape index (κ3) is 9.76. The molecule has 19 nitrogen and oxygen atoms in total. The number of nitrogen functional groups attached to an aromatic ring is 1. The van der Waals surface area contributed by atoms with E-state index >= 15 is 0 Å². The summed E-state index contributed by atoms with van der Waals surface area (Å²) in [4.78, 5) is 90.9. The highest BCUT2D eigenvalue weighted by Crippen LogP contribution is 2.36. The Balaban J connectivity index is 0.830. The summed E-state index contributed by atoms with van der Waals surface area (Å²) < 4.78 is 7.81. The summed E-state index contributed by atoms with van der Waals surface area (Å²) >= 11 is 0. The van der Waals surface area contributed by atoms with E-state index in [2.05, 4.69) is 32.0 Å². The number of nitrogens with two attached hydrogens (primary N) is 1. The lowest BCUT2D eigenvalue weighted by atomic mass is 9.97. The number of hydrogen-bond acceptors (Lipinski definition) is 14. The van der Waals surface area contributed by atoms with Gasteiger partial charge in [0.05, 0.1) is 29.1 Å². The van der Waals surface area contributed by atoms with Gasteiger partial charge in [-0.15, -0.1) is 0 Å². The summed E-state index contributed by atoms with van der Waals surface area (Å²) in [5.41, 5.74) is 8.23. The van der Waals surface area contributed by atoms with Gasteiger partial charge < -0.3 is 26.0 Å². The van der Waals surface area contributed by atoms with Crippen LogP contribution in [0, 0.1) is 11.3 Å². The molecule has 6 amide bonds. The number of hydrogen-bond donors (Lipinski definition) is 4. The highest BCUT2D eigenvalue weighted by atomic mass is 16.5. The van der Waals surface area contributed by atoms with E-state index in [1.165, 1.54) is 12.4 Å². The molecule has 0 spiro atoms. The van der Waals surface area contributed by atoms with Crippen LogP contribution in [0.5, 0.6) is 11.5 Å². The van der Waals surface area contributed by atoms with E-state index in [1.54, 1.807) is 23.1 Å². The number of anilines is 2. The van der Waals surface area contributed by atoms with Crippen LogP contribution in [0.4, 0.5) is 11.5 Å². The largest absolute Gasteiger partial charge is 0.457 e. The fourth-order valence-corrected chi connectivity index (χ4v) is 8.76. The van der Waals surface area contributed by atoms with Gasteiger partial charge in [0, 0.05) is 42.8 Å².